The van der Waals surface area contributed by atoms with Crippen LogP contribution in [0.15, 0.2) is 106 Å². The highest BCUT2D eigenvalue weighted by atomic mass is 32.2. The summed E-state index contributed by atoms with van der Waals surface area (Å²) < 4.78 is 7.43. The lowest BCUT2D eigenvalue weighted by atomic mass is 10.1. The second-order valence-electron chi connectivity index (χ2n) is 12.8. The molecule has 0 radical (unpaired) electrons. The maximum Gasteiger partial charge on any atom is 0.228 e. The third kappa shape index (κ3) is 8.45. The Balaban J connectivity index is 0.000000175. The van der Waals surface area contributed by atoms with Gasteiger partial charge in [0.25, 0.3) is 0 Å². The molecule has 0 unspecified atom stereocenters. The predicted octanol–water partition coefficient (Wildman–Crippen LogP) is 6.10. The minimum Gasteiger partial charge on any atom is -0.394 e. The third-order valence-corrected chi connectivity index (χ3v) is 10.0. The van der Waals surface area contributed by atoms with E-state index < -0.39 is 0 Å². The van der Waals surface area contributed by atoms with Crippen molar-refractivity contribution in [3.63, 3.8) is 0 Å². The largest absolute Gasteiger partial charge is 0.394 e. The van der Waals surface area contributed by atoms with Crippen LogP contribution in [-0.4, -0.2) is 108 Å². The van der Waals surface area contributed by atoms with Gasteiger partial charge in [-0.1, -0.05) is 78.0 Å². The summed E-state index contributed by atoms with van der Waals surface area (Å²) in [4.78, 5) is 31.0. The number of piperazine rings is 1. The number of benzene rings is 3. The molecule has 0 bridgehead atoms. The van der Waals surface area contributed by atoms with E-state index in [1.807, 2.05) is 29.7 Å². The number of hydrogen-bond acceptors (Lipinski definition) is 8. The van der Waals surface area contributed by atoms with Crippen molar-refractivity contribution in [3.8, 4) is 11.3 Å². The van der Waals surface area contributed by atoms with E-state index in [0.717, 1.165) is 72.4 Å². The summed E-state index contributed by atoms with van der Waals surface area (Å²) >= 11 is 1.80. The zero-order valence-corrected chi connectivity index (χ0v) is 30.2. The maximum absolute atomic E-state index is 12.3. The fourth-order valence-electron chi connectivity index (χ4n) is 6.07. The standard InChI is InChI=1S/C21H25N3O2S.C19H21N3O/c25-14-16-26-15-13-23-9-11-24(12-10-23)21-17-5-1-3-7-19(17)27-20-8-4-2-6-18(20)22-21;1-13-5-8-15(9-6-13)19-16(11-18(23)21(3)4)22-12-14(2)7-10-17(22)20-19/h1-8,25H,9-16H2;5-10,12H,11H2,1-4H3. The van der Waals surface area contributed by atoms with Gasteiger partial charge in [0.2, 0.25) is 5.91 Å². The van der Waals surface area contributed by atoms with Gasteiger partial charge in [0.05, 0.1) is 43.3 Å². The van der Waals surface area contributed by atoms with E-state index in [1.165, 1.54) is 20.9 Å². The number of aliphatic hydroxyl groups excluding tert-OH is 1. The van der Waals surface area contributed by atoms with Gasteiger partial charge in [0.15, 0.2) is 0 Å². The van der Waals surface area contributed by atoms with Gasteiger partial charge in [0.1, 0.15) is 11.5 Å². The number of hydrogen-bond donors (Lipinski definition) is 1. The molecule has 4 heterocycles. The summed E-state index contributed by atoms with van der Waals surface area (Å²) in [6.45, 7) is 10.1. The normalized spacial score (nSPS) is 14.3. The topological polar surface area (TPSA) is 85.9 Å². The molecule has 1 amide bonds. The van der Waals surface area contributed by atoms with Gasteiger partial charge in [-0.25, -0.2) is 9.98 Å². The second-order valence-corrected chi connectivity index (χ2v) is 13.9. The van der Waals surface area contributed by atoms with Gasteiger partial charge >= 0.3 is 0 Å². The number of carbonyl (C=O) groups is 1. The molecule has 7 rings (SSSR count). The van der Waals surface area contributed by atoms with Gasteiger partial charge in [-0.15, -0.1) is 0 Å². The molecule has 260 valence electrons. The minimum absolute atomic E-state index is 0.0710. The van der Waals surface area contributed by atoms with Crippen LogP contribution in [0.4, 0.5) is 5.69 Å². The average molecular weight is 691 g/mol. The van der Waals surface area contributed by atoms with E-state index in [2.05, 4.69) is 89.5 Å². The average Bonchev–Trinajstić information content (AvgIpc) is 3.37. The summed E-state index contributed by atoms with van der Waals surface area (Å²) in [5.74, 6) is 1.15. The number of aliphatic imine (C=N–C) groups is 1. The maximum atomic E-state index is 12.3. The Bertz CT molecular complexity index is 1950. The second kappa shape index (κ2) is 16.5. The Morgan fingerprint density at radius 1 is 0.860 bits per heavy atom. The van der Waals surface area contributed by atoms with Crippen molar-refractivity contribution in [2.75, 3.05) is 66.6 Å². The van der Waals surface area contributed by atoms with Gasteiger partial charge < -0.3 is 24.0 Å². The highest BCUT2D eigenvalue weighted by molar-refractivity contribution is 7.99. The number of pyridine rings is 1. The molecule has 0 aliphatic carbocycles. The van der Waals surface area contributed by atoms with E-state index in [4.69, 9.17) is 19.8 Å². The molecule has 0 spiro atoms. The summed E-state index contributed by atoms with van der Waals surface area (Å²) in [5, 5.41) is 8.79. The smallest absolute Gasteiger partial charge is 0.228 e. The van der Waals surface area contributed by atoms with E-state index in [9.17, 15) is 4.79 Å². The Kier molecular flexibility index (Phi) is 11.7. The first-order chi connectivity index (χ1) is 24.3. The van der Waals surface area contributed by atoms with Gasteiger partial charge in [-0.2, -0.15) is 0 Å². The van der Waals surface area contributed by atoms with Crippen molar-refractivity contribution in [2.24, 2.45) is 4.99 Å². The summed E-state index contributed by atoms with van der Waals surface area (Å²) in [6, 6.07) is 29.3. The van der Waals surface area contributed by atoms with E-state index in [0.29, 0.717) is 19.6 Å². The lowest BCUT2D eigenvalue weighted by molar-refractivity contribution is -0.128. The van der Waals surface area contributed by atoms with E-state index in [1.54, 1.807) is 30.8 Å². The summed E-state index contributed by atoms with van der Waals surface area (Å²) in [6.07, 6.45) is 2.37. The van der Waals surface area contributed by atoms with Crippen LogP contribution in [0.3, 0.4) is 0 Å². The number of fused-ring (bicyclic) bond motifs is 3. The lowest BCUT2D eigenvalue weighted by Crippen LogP contribution is -2.49. The molecule has 2 aromatic heterocycles. The van der Waals surface area contributed by atoms with Crippen LogP contribution in [0.25, 0.3) is 16.9 Å². The number of imidazole rings is 1. The number of amides is 1. The number of nitrogens with zero attached hydrogens (tertiary/aromatic N) is 6. The van der Waals surface area contributed by atoms with E-state index >= 15 is 0 Å². The fourth-order valence-corrected chi connectivity index (χ4v) is 7.08. The molecule has 10 heteroatoms. The fraction of sp³-hybridized carbons (Fsp3) is 0.325. The van der Waals surface area contributed by atoms with Crippen molar-refractivity contribution < 1.29 is 14.6 Å². The van der Waals surface area contributed by atoms with Crippen LogP contribution in [0.5, 0.6) is 0 Å². The molecule has 5 aromatic rings. The molecular weight excluding hydrogens is 645 g/mol. The predicted molar refractivity (Wildman–Crippen MR) is 202 cm³/mol. The summed E-state index contributed by atoms with van der Waals surface area (Å²) in [7, 11) is 3.56. The molecule has 0 saturated carbocycles. The number of rotatable bonds is 8. The number of ether oxygens (including phenoxy) is 1. The SMILES string of the molecule is Cc1ccc(-c2nc3ccc(C)cn3c2CC(=O)N(C)C)cc1.OCCOCCN1CCN(C2=Nc3ccccc3Sc3ccccc32)CC1. The number of para-hydroxylation sites is 1. The first-order valence-corrected chi connectivity index (χ1v) is 18.0. The molecule has 9 nitrogen and oxygen atoms in total. The van der Waals surface area contributed by atoms with Crippen LogP contribution in [0, 0.1) is 13.8 Å². The zero-order chi connectivity index (χ0) is 35.0. The molecular formula is C40H46N6O3S. The lowest BCUT2D eigenvalue weighted by Gasteiger charge is -2.36. The van der Waals surface area contributed by atoms with Crippen molar-refractivity contribution in [1.82, 2.24) is 24.1 Å². The third-order valence-electron chi connectivity index (χ3n) is 8.91. The van der Waals surface area contributed by atoms with Crippen molar-refractivity contribution in [2.45, 2.75) is 30.1 Å². The highest BCUT2D eigenvalue weighted by Crippen LogP contribution is 2.40. The van der Waals surface area contributed by atoms with Crippen LogP contribution >= 0.6 is 11.8 Å². The summed E-state index contributed by atoms with van der Waals surface area (Å²) in [5.41, 5.74) is 8.35. The molecule has 1 fully saturated rings. The van der Waals surface area contributed by atoms with Crippen LogP contribution in [0.1, 0.15) is 22.4 Å². The molecule has 50 heavy (non-hydrogen) atoms. The van der Waals surface area contributed by atoms with Gasteiger partial charge in [-0.3, -0.25) is 9.69 Å². The molecule has 2 aliphatic heterocycles. The Morgan fingerprint density at radius 3 is 2.30 bits per heavy atom. The number of aryl methyl sites for hydroxylation is 2. The minimum atomic E-state index is 0.0710. The molecule has 2 aliphatic rings. The Morgan fingerprint density at radius 2 is 1.56 bits per heavy atom. The van der Waals surface area contributed by atoms with Gasteiger partial charge in [0, 0.05) is 73.9 Å². The van der Waals surface area contributed by atoms with Crippen molar-refractivity contribution >= 4 is 34.8 Å². The van der Waals surface area contributed by atoms with E-state index in [-0.39, 0.29) is 12.5 Å². The zero-order valence-electron chi connectivity index (χ0n) is 29.4. The Labute approximate surface area is 299 Å². The van der Waals surface area contributed by atoms with Crippen molar-refractivity contribution in [1.29, 1.82) is 0 Å². The molecule has 1 N–H and O–H groups in total. The van der Waals surface area contributed by atoms with Crippen molar-refractivity contribution in [3.05, 3.63) is 114 Å². The first-order valence-electron chi connectivity index (χ1n) is 17.2. The van der Waals surface area contributed by atoms with Crippen LogP contribution in [0.2, 0.25) is 0 Å². The van der Waals surface area contributed by atoms with Crippen LogP contribution in [-0.2, 0) is 16.0 Å². The monoisotopic (exact) mass is 690 g/mol. The molecule has 3 aromatic carbocycles. The van der Waals surface area contributed by atoms with Gasteiger partial charge in [-0.05, 0) is 43.7 Å². The number of likely N-dealkylation sites (N-methyl/N-ethyl adjacent to an activating group) is 1. The van der Waals surface area contributed by atoms with Crippen LogP contribution < -0.4 is 0 Å². The first kappa shape index (κ1) is 35.3. The molecule has 0 atom stereocenters. The number of amidine groups is 1. The molecule has 1 saturated heterocycles. The number of aliphatic hydroxyl groups is 1. The Hall–Kier alpha value is -4.48. The quantitative estimate of drug-likeness (QED) is 0.197. The highest BCUT2D eigenvalue weighted by Gasteiger charge is 2.25. The number of aromatic nitrogens is 2. The number of carbonyl (C=O) groups excluding carboxylic acids is 1.